The first kappa shape index (κ1) is 19.2. The van der Waals surface area contributed by atoms with E-state index in [1.807, 2.05) is 55.4 Å². The maximum atomic E-state index is 11.7. The summed E-state index contributed by atoms with van der Waals surface area (Å²) >= 11 is 0. The van der Waals surface area contributed by atoms with Crippen LogP contribution in [0.4, 0.5) is 11.5 Å². The van der Waals surface area contributed by atoms with E-state index in [1.54, 1.807) is 24.2 Å². The van der Waals surface area contributed by atoms with E-state index >= 15 is 0 Å². The predicted molar refractivity (Wildman–Crippen MR) is 112 cm³/mol. The van der Waals surface area contributed by atoms with E-state index in [-0.39, 0.29) is 12.5 Å². The minimum absolute atomic E-state index is 0.0927. The van der Waals surface area contributed by atoms with Crippen LogP contribution in [0.3, 0.4) is 0 Å². The Morgan fingerprint density at radius 1 is 1.11 bits per heavy atom. The highest BCUT2D eigenvalue weighted by atomic mass is 16.5. The summed E-state index contributed by atoms with van der Waals surface area (Å²) in [4.78, 5) is 20.1. The van der Waals surface area contributed by atoms with E-state index in [0.717, 1.165) is 27.6 Å². The molecule has 0 radical (unpaired) electrons. The molecule has 0 saturated carbocycles. The van der Waals surface area contributed by atoms with Gasteiger partial charge in [0.2, 0.25) is 0 Å². The molecule has 0 aliphatic heterocycles. The number of rotatable bonds is 5. The van der Waals surface area contributed by atoms with Crippen molar-refractivity contribution in [1.29, 1.82) is 5.26 Å². The number of anilines is 2. The Balaban J connectivity index is 2.15. The van der Waals surface area contributed by atoms with Crippen molar-refractivity contribution in [1.82, 2.24) is 4.98 Å². The summed E-state index contributed by atoms with van der Waals surface area (Å²) in [5.74, 6) is 0.327. The molecule has 0 bridgehead atoms. The van der Waals surface area contributed by atoms with Crippen LogP contribution in [0.15, 0.2) is 48.7 Å². The zero-order chi connectivity index (χ0) is 20.3. The van der Waals surface area contributed by atoms with Crippen molar-refractivity contribution in [3.63, 3.8) is 0 Å². The number of pyridine rings is 1. The van der Waals surface area contributed by atoms with Crippen LogP contribution in [0.5, 0.6) is 0 Å². The van der Waals surface area contributed by atoms with Gasteiger partial charge in [0.15, 0.2) is 0 Å². The molecular weight excluding hydrogens is 352 g/mol. The first-order valence-corrected chi connectivity index (χ1v) is 8.83. The molecule has 0 spiro atoms. The smallest absolute Gasteiger partial charge is 0.325 e. The Bertz CT molecular complexity index is 1050. The highest BCUT2D eigenvalue weighted by Crippen LogP contribution is 2.34. The highest BCUT2D eigenvalue weighted by Gasteiger charge is 2.15. The molecule has 6 nitrogen and oxygen atoms in total. The number of nitriles is 1. The van der Waals surface area contributed by atoms with Crippen LogP contribution >= 0.6 is 0 Å². The summed E-state index contributed by atoms with van der Waals surface area (Å²) < 4.78 is 4.76. The fourth-order valence-electron chi connectivity index (χ4n) is 3.10. The molecule has 0 fully saturated rings. The lowest BCUT2D eigenvalue weighted by Crippen LogP contribution is -2.27. The summed E-state index contributed by atoms with van der Waals surface area (Å²) in [7, 11) is 7.15. The molecular formula is C22H22N4O2. The van der Waals surface area contributed by atoms with E-state index in [9.17, 15) is 10.1 Å². The summed E-state index contributed by atoms with van der Waals surface area (Å²) in [6.07, 6.45) is 1.79. The summed E-state index contributed by atoms with van der Waals surface area (Å²) in [5.41, 5.74) is 3.63. The van der Waals surface area contributed by atoms with Crippen molar-refractivity contribution in [2.75, 3.05) is 44.6 Å². The van der Waals surface area contributed by atoms with Crippen molar-refractivity contribution in [2.24, 2.45) is 0 Å². The number of nitrogens with zero attached hydrogens (tertiary/aromatic N) is 4. The lowest BCUT2D eigenvalue weighted by Gasteiger charge is -2.20. The Morgan fingerprint density at radius 3 is 2.43 bits per heavy atom. The molecule has 6 heteroatoms. The van der Waals surface area contributed by atoms with Crippen LogP contribution in [0.25, 0.3) is 21.9 Å². The van der Waals surface area contributed by atoms with Gasteiger partial charge in [-0.05, 0) is 41.3 Å². The third-order valence-corrected chi connectivity index (χ3v) is 4.65. The van der Waals surface area contributed by atoms with E-state index in [0.29, 0.717) is 11.4 Å². The summed E-state index contributed by atoms with van der Waals surface area (Å²) in [5, 5.41) is 11.1. The minimum Gasteiger partial charge on any atom is -0.468 e. The van der Waals surface area contributed by atoms with Crippen LogP contribution in [0, 0.1) is 11.3 Å². The Labute approximate surface area is 164 Å². The van der Waals surface area contributed by atoms with Gasteiger partial charge in [-0.15, -0.1) is 0 Å². The van der Waals surface area contributed by atoms with Gasteiger partial charge in [-0.25, -0.2) is 4.98 Å². The van der Waals surface area contributed by atoms with Gasteiger partial charge in [-0.3, -0.25) is 4.79 Å². The SMILES string of the molecule is COC(=O)CN(C)c1ncc(-c2ccc(N(C)C)cc2)c2cc(C#N)ccc12. The first-order valence-electron chi connectivity index (χ1n) is 8.83. The second-order valence-corrected chi connectivity index (χ2v) is 6.74. The number of likely N-dealkylation sites (N-methyl/N-ethyl adjacent to an activating group) is 1. The second kappa shape index (κ2) is 7.97. The van der Waals surface area contributed by atoms with Crippen LogP contribution in [-0.2, 0) is 9.53 Å². The minimum atomic E-state index is -0.338. The Morgan fingerprint density at radius 2 is 1.82 bits per heavy atom. The van der Waals surface area contributed by atoms with Gasteiger partial charge >= 0.3 is 5.97 Å². The molecule has 0 aliphatic rings. The fourth-order valence-corrected chi connectivity index (χ4v) is 3.10. The second-order valence-electron chi connectivity index (χ2n) is 6.74. The van der Waals surface area contributed by atoms with Crippen LogP contribution in [-0.4, -0.2) is 45.8 Å². The lowest BCUT2D eigenvalue weighted by molar-refractivity contribution is -0.138. The van der Waals surface area contributed by atoms with Gasteiger partial charge in [-0.2, -0.15) is 5.26 Å². The highest BCUT2D eigenvalue weighted by molar-refractivity contribution is 6.03. The van der Waals surface area contributed by atoms with Crippen LogP contribution < -0.4 is 9.80 Å². The number of methoxy groups -OCH3 is 1. The van der Waals surface area contributed by atoms with Crippen molar-refractivity contribution in [2.45, 2.75) is 0 Å². The fraction of sp³-hybridized carbons (Fsp3) is 0.227. The molecule has 28 heavy (non-hydrogen) atoms. The van der Waals surface area contributed by atoms with Gasteiger partial charge in [0, 0.05) is 44.0 Å². The molecule has 0 saturated heterocycles. The molecule has 1 heterocycles. The molecule has 142 valence electrons. The Kier molecular flexibility index (Phi) is 5.46. The third kappa shape index (κ3) is 3.74. The zero-order valence-corrected chi connectivity index (χ0v) is 16.4. The normalized spacial score (nSPS) is 10.4. The number of hydrogen-bond donors (Lipinski definition) is 0. The topological polar surface area (TPSA) is 69.5 Å². The van der Waals surface area contributed by atoms with Crippen molar-refractivity contribution >= 4 is 28.2 Å². The monoisotopic (exact) mass is 374 g/mol. The number of esters is 1. The molecule has 2 aromatic carbocycles. The predicted octanol–water partition coefficient (Wildman–Crippen LogP) is 3.45. The van der Waals surface area contributed by atoms with E-state index in [2.05, 4.69) is 11.1 Å². The maximum Gasteiger partial charge on any atom is 0.325 e. The molecule has 1 aromatic heterocycles. The molecule has 0 amide bonds. The first-order chi connectivity index (χ1) is 13.4. The van der Waals surface area contributed by atoms with Crippen molar-refractivity contribution < 1.29 is 9.53 Å². The average molecular weight is 374 g/mol. The maximum absolute atomic E-state index is 11.7. The van der Waals surface area contributed by atoms with E-state index in [1.165, 1.54) is 7.11 Å². The average Bonchev–Trinajstić information content (AvgIpc) is 2.72. The van der Waals surface area contributed by atoms with Gasteiger partial charge in [0.05, 0.1) is 18.7 Å². The molecule has 3 rings (SSSR count). The zero-order valence-electron chi connectivity index (χ0n) is 16.4. The van der Waals surface area contributed by atoms with Crippen molar-refractivity contribution in [3.8, 4) is 17.2 Å². The van der Waals surface area contributed by atoms with Gasteiger partial charge < -0.3 is 14.5 Å². The summed E-state index contributed by atoms with van der Waals surface area (Å²) in [6, 6.07) is 15.9. The Hall–Kier alpha value is -3.59. The van der Waals surface area contributed by atoms with Crippen molar-refractivity contribution in [3.05, 3.63) is 54.2 Å². The van der Waals surface area contributed by atoms with Gasteiger partial charge in [0.25, 0.3) is 0 Å². The van der Waals surface area contributed by atoms with Crippen LogP contribution in [0.1, 0.15) is 5.56 Å². The summed E-state index contributed by atoms with van der Waals surface area (Å²) in [6.45, 7) is 0.0927. The third-order valence-electron chi connectivity index (χ3n) is 4.65. The number of carbonyl (C=O) groups excluding carboxylic acids is 1. The quantitative estimate of drug-likeness (QED) is 0.637. The molecule has 3 aromatic rings. The molecule has 0 aliphatic carbocycles. The standard InChI is InChI=1S/C22H22N4O2/c1-25(2)17-8-6-16(7-9-17)20-13-24-22(26(3)14-21(27)28-4)18-10-5-15(12-23)11-19(18)20/h5-11,13H,14H2,1-4H3. The lowest BCUT2D eigenvalue weighted by atomic mass is 9.98. The van der Waals surface area contributed by atoms with Gasteiger partial charge in [0.1, 0.15) is 12.4 Å². The largest absolute Gasteiger partial charge is 0.468 e. The molecule has 0 unspecified atom stereocenters. The molecule has 0 N–H and O–H groups in total. The molecule has 0 atom stereocenters. The number of hydrogen-bond acceptors (Lipinski definition) is 6. The number of fused-ring (bicyclic) bond motifs is 1. The number of benzene rings is 2. The van der Waals surface area contributed by atoms with E-state index in [4.69, 9.17) is 4.74 Å². The van der Waals surface area contributed by atoms with E-state index < -0.39 is 0 Å². The number of aromatic nitrogens is 1. The number of ether oxygens (including phenoxy) is 1. The number of carbonyl (C=O) groups is 1. The van der Waals surface area contributed by atoms with Crippen LogP contribution in [0.2, 0.25) is 0 Å². The van der Waals surface area contributed by atoms with Gasteiger partial charge in [-0.1, -0.05) is 12.1 Å².